The van der Waals surface area contributed by atoms with Gasteiger partial charge in [0.2, 0.25) is 5.95 Å². The van der Waals surface area contributed by atoms with Crippen molar-refractivity contribution in [3.63, 3.8) is 0 Å². The Morgan fingerprint density at radius 1 is 1.32 bits per heavy atom. The second-order valence-corrected chi connectivity index (χ2v) is 10.7. The van der Waals surface area contributed by atoms with Crippen LogP contribution >= 0.6 is 0 Å². The molecule has 0 saturated carbocycles. The highest BCUT2D eigenvalue weighted by molar-refractivity contribution is 7.90. The molecule has 13 heteroatoms. The summed E-state index contributed by atoms with van der Waals surface area (Å²) >= 11 is 0. The quantitative estimate of drug-likeness (QED) is 0.251. The Labute approximate surface area is 214 Å². The zero-order valence-corrected chi connectivity index (χ0v) is 21.5. The van der Waals surface area contributed by atoms with Gasteiger partial charge in [0.05, 0.1) is 23.2 Å². The lowest BCUT2D eigenvalue weighted by molar-refractivity contribution is 0.135. The number of nitrogens with zero attached hydrogens (tertiary/aromatic N) is 3. The van der Waals surface area contributed by atoms with Gasteiger partial charge < -0.3 is 21.2 Å². The summed E-state index contributed by atoms with van der Waals surface area (Å²) in [4.78, 5) is 7.35. The van der Waals surface area contributed by atoms with Crippen LogP contribution in [0, 0.1) is 27.7 Å². The number of nitrogens with one attached hydrogen (secondary N) is 3. The van der Waals surface area contributed by atoms with Crippen molar-refractivity contribution in [2.75, 3.05) is 26.1 Å². The van der Waals surface area contributed by atoms with E-state index < -0.39 is 50.8 Å². The lowest BCUT2D eigenvalue weighted by Crippen LogP contribution is -2.37. The predicted molar refractivity (Wildman–Crippen MR) is 135 cm³/mol. The number of nitrogen functional groups attached to an aromatic ring is 1. The van der Waals surface area contributed by atoms with Crippen molar-refractivity contribution in [3.8, 4) is 0 Å². The Balaban J connectivity index is 2.05. The van der Waals surface area contributed by atoms with Crippen molar-refractivity contribution in [1.29, 1.82) is 10.2 Å². The van der Waals surface area contributed by atoms with Gasteiger partial charge in [-0.05, 0) is 36.8 Å². The van der Waals surface area contributed by atoms with E-state index in [1.54, 1.807) is 12.1 Å². The van der Waals surface area contributed by atoms with E-state index in [9.17, 15) is 13.0 Å². The first-order valence-electron chi connectivity index (χ1n) is 11.4. The lowest BCUT2D eigenvalue weighted by atomic mass is 9.84. The van der Waals surface area contributed by atoms with Gasteiger partial charge in [0.1, 0.15) is 29.1 Å². The largest absolute Gasteiger partial charge is 0.368 e. The monoisotopic (exact) mass is 537 g/mol. The molecule has 3 atom stereocenters. The van der Waals surface area contributed by atoms with Crippen molar-refractivity contribution >= 4 is 21.6 Å². The van der Waals surface area contributed by atoms with Gasteiger partial charge in [-0.2, -0.15) is 0 Å². The summed E-state index contributed by atoms with van der Waals surface area (Å²) in [6.45, 7) is 3.57. The molecule has 0 radical (unpaired) electrons. The molecular weight excluding hydrogens is 507 g/mol. The molecule has 2 aromatic rings. The van der Waals surface area contributed by atoms with Crippen molar-refractivity contribution in [3.05, 3.63) is 71.5 Å². The van der Waals surface area contributed by atoms with Crippen LogP contribution in [0.1, 0.15) is 31.9 Å². The molecule has 1 aromatic heterocycles. The number of allylic oxidation sites excluding steroid dienone is 3. The summed E-state index contributed by atoms with van der Waals surface area (Å²) < 4.78 is 72.2. The first-order chi connectivity index (χ1) is 17.5. The van der Waals surface area contributed by atoms with Gasteiger partial charge in [-0.1, -0.05) is 19.9 Å². The molecule has 0 aliphatic heterocycles. The van der Waals surface area contributed by atoms with Crippen LogP contribution in [0.2, 0.25) is 0 Å². The highest BCUT2D eigenvalue weighted by Gasteiger charge is 2.35. The zero-order chi connectivity index (χ0) is 27.3. The highest BCUT2D eigenvalue weighted by atomic mass is 32.2. The number of anilines is 1. The molecule has 1 aromatic carbocycles. The van der Waals surface area contributed by atoms with Crippen molar-refractivity contribution in [1.82, 2.24) is 19.6 Å². The minimum absolute atomic E-state index is 0.0115. The Morgan fingerprint density at radius 2 is 2.05 bits per heavy atom. The molecule has 0 saturated heterocycles. The molecule has 0 spiro atoms. The van der Waals surface area contributed by atoms with Gasteiger partial charge in [-0.15, -0.1) is 0 Å². The SMILES string of the molecule is COCN(C1=C(F)C(C(=N)C(CNC(C)C)c2ccnc(N)n2)CC=C1)S(=N)(=O)c1cc(F)ccc1F. The van der Waals surface area contributed by atoms with Crippen LogP contribution in [0.25, 0.3) is 0 Å². The van der Waals surface area contributed by atoms with Crippen LogP contribution < -0.4 is 11.1 Å². The number of rotatable bonds is 11. The number of nitrogens with two attached hydrogens (primary N) is 1. The van der Waals surface area contributed by atoms with E-state index in [0.29, 0.717) is 11.8 Å². The third kappa shape index (κ3) is 6.35. The summed E-state index contributed by atoms with van der Waals surface area (Å²) in [5.41, 5.74) is 5.82. The molecule has 0 fully saturated rings. The number of hydrogen-bond donors (Lipinski definition) is 4. The van der Waals surface area contributed by atoms with E-state index in [1.807, 2.05) is 13.8 Å². The van der Waals surface area contributed by atoms with Crippen molar-refractivity contribution < 1.29 is 22.1 Å². The maximum atomic E-state index is 16.1. The fourth-order valence-corrected chi connectivity index (χ4v) is 5.42. The first kappa shape index (κ1) is 28.3. The summed E-state index contributed by atoms with van der Waals surface area (Å²) in [5.74, 6) is -4.58. The molecule has 3 rings (SSSR count). The normalized spacial score (nSPS) is 18.1. The molecule has 0 bridgehead atoms. The standard InChI is InChI=1S/C24H30F3N7O2S/c1-14(2)32-12-17(19-9-10-31-24(29)33-19)23(28)16-5-4-6-20(22(16)27)34(13-36-3)37(30,35)21-11-15(25)7-8-18(21)26/h4,6-11,14,16-17,28,30,32H,5,12-13H2,1-3H3,(H2,29,31,33). The Kier molecular flexibility index (Phi) is 9.05. The van der Waals surface area contributed by atoms with Crippen LogP contribution in [0.4, 0.5) is 19.1 Å². The van der Waals surface area contributed by atoms with Gasteiger partial charge in [0.15, 0.2) is 9.92 Å². The second-order valence-electron chi connectivity index (χ2n) is 8.73. The van der Waals surface area contributed by atoms with Gasteiger partial charge in [0, 0.05) is 31.6 Å². The Bertz CT molecular complexity index is 1320. The van der Waals surface area contributed by atoms with Crippen LogP contribution in [-0.4, -0.2) is 50.6 Å². The van der Waals surface area contributed by atoms with Gasteiger partial charge in [0.25, 0.3) is 0 Å². The Morgan fingerprint density at radius 3 is 2.70 bits per heavy atom. The topological polar surface area (TPSA) is 141 Å². The maximum absolute atomic E-state index is 16.1. The van der Waals surface area contributed by atoms with Crippen LogP contribution in [-0.2, 0) is 14.7 Å². The lowest BCUT2D eigenvalue weighted by Gasteiger charge is -2.32. The molecule has 5 N–H and O–H groups in total. The molecule has 200 valence electrons. The summed E-state index contributed by atoms with van der Waals surface area (Å²) in [7, 11) is -3.04. The van der Waals surface area contributed by atoms with E-state index in [1.165, 1.54) is 19.4 Å². The summed E-state index contributed by atoms with van der Waals surface area (Å²) in [6.07, 6.45) is 4.43. The van der Waals surface area contributed by atoms with E-state index >= 15 is 4.39 Å². The fourth-order valence-electron chi connectivity index (χ4n) is 3.90. The van der Waals surface area contributed by atoms with Gasteiger partial charge >= 0.3 is 0 Å². The van der Waals surface area contributed by atoms with Gasteiger partial charge in [-0.3, -0.25) is 4.31 Å². The molecule has 1 aliphatic carbocycles. The van der Waals surface area contributed by atoms with Crippen LogP contribution in [0.5, 0.6) is 0 Å². The molecular formula is C24H30F3N7O2S. The summed E-state index contributed by atoms with van der Waals surface area (Å²) in [6, 6.07) is 3.90. The summed E-state index contributed by atoms with van der Waals surface area (Å²) in [5, 5.41) is 12.1. The molecule has 9 nitrogen and oxygen atoms in total. The molecule has 0 amide bonds. The molecule has 1 aliphatic rings. The minimum atomic E-state index is -4.27. The molecule has 1 heterocycles. The highest BCUT2D eigenvalue weighted by Crippen LogP contribution is 2.36. The van der Waals surface area contributed by atoms with E-state index in [-0.39, 0.29) is 36.4 Å². The predicted octanol–water partition coefficient (Wildman–Crippen LogP) is 4.12. The van der Waals surface area contributed by atoms with Crippen LogP contribution in [0.15, 0.2) is 59.0 Å². The smallest absolute Gasteiger partial charge is 0.220 e. The fraction of sp³-hybridized carbons (Fsp3) is 0.375. The number of halogens is 3. The second kappa shape index (κ2) is 11.8. The number of methoxy groups -OCH3 is 1. The molecule has 37 heavy (non-hydrogen) atoms. The molecule has 3 unspecified atom stereocenters. The third-order valence-corrected chi connectivity index (χ3v) is 7.58. The van der Waals surface area contributed by atoms with E-state index in [4.69, 9.17) is 20.7 Å². The average Bonchev–Trinajstić information content (AvgIpc) is 2.84. The maximum Gasteiger partial charge on any atom is 0.220 e. The van der Waals surface area contributed by atoms with Gasteiger partial charge in [-0.25, -0.2) is 32.1 Å². The number of benzene rings is 1. The first-order valence-corrected chi connectivity index (χ1v) is 13.0. The third-order valence-electron chi connectivity index (χ3n) is 5.75. The zero-order valence-electron chi connectivity index (χ0n) is 20.7. The average molecular weight is 538 g/mol. The number of hydrogen-bond acceptors (Lipinski definition) is 8. The number of ether oxygens (including phenoxy) is 1. The van der Waals surface area contributed by atoms with Crippen molar-refractivity contribution in [2.24, 2.45) is 5.92 Å². The van der Waals surface area contributed by atoms with Crippen LogP contribution in [0.3, 0.4) is 0 Å². The van der Waals surface area contributed by atoms with E-state index in [0.717, 1.165) is 16.4 Å². The van der Waals surface area contributed by atoms with Crippen molar-refractivity contribution in [2.45, 2.75) is 37.1 Å². The van der Waals surface area contributed by atoms with E-state index in [2.05, 4.69) is 15.3 Å². The number of aromatic nitrogens is 2. The minimum Gasteiger partial charge on any atom is -0.368 e. The Hall–Kier alpha value is -3.29.